The van der Waals surface area contributed by atoms with E-state index in [1.807, 2.05) is 24.3 Å². The van der Waals surface area contributed by atoms with Gasteiger partial charge in [0, 0.05) is 24.8 Å². The topological polar surface area (TPSA) is 140 Å². The van der Waals surface area contributed by atoms with Gasteiger partial charge in [0.1, 0.15) is 33.9 Å². The van der Waals surface area contributed by atoms with E-state index in [1.54, 1.807) is 29.2 Å². The average Bonchev–Trinajstić information content (AvgIpc) is 3.23. The number of aromatic hydroxyl groups is 2. The van der Waals surface area contributed by atoms with Gasteiger partial charge in [-0.15, -0.1) is 20.4 Å². The predicted octanol–water partition coefficient (Wildman–Crippen LogP) is 3.04. The third-order valence-electron chi connectivity index (χ3n) is 4.81. The molecule has 10 heteroatoms. The molecule has 4 N–H and O–H groups in total. The van der Waals surface area contributed by atoms with Crippen molar-refractivity contribution in [3.63, 3.8) is 0 Å². The maximum atomic E-state index is 10.3. The smallest absolute Gasteiger partial charge is 0.145 e. The Morgan fingerprint density at radius 3 is 2.03 bits per heavy atom. The summed E-state index contributed by atoms with van der Waals surface area (Å²) in [4.78, 5) is 3.18. The molecule has 1 aromatic heterocycles. The number of phenolic OH excluding ortho intramolecular Hbond substituents is 2. The molecule has 0 fully saturated rings. The highest BCUT2D eigenvalue weighted by atomic mass is 16.3. The van der Waals surface area contributed by atoms with Crippen molar-refractivity contribution in [1.82, 2.24) is 15.0 Å². The molecule has 0 aliphatic carbocycles. The standard InChI is InChI=1S/C22H22N6O4/c29-11-9-27(10-12-30)15-5-7-19(22(32)14-15)23-24-20-13-16(6-8-21(20)31)28-25-17-3-1-2-4-18(17)26-28/h1-8,13-14,29-32H,9-12H2. The number of aliphatic hydroxyl groups excluding tert-OH is 2. The van der Waals surface area contributed by atoms with Crippen LogP contribution in [0.2, 0.25) is 0 Å². The molecule has 0 saturated carbocycles. The van der Waals surface area contributed by atoms with Crippen LogP contribution in [0.25, 0.3) is 16.7 Å². The molecule has 0 amide bonds. The summed E-state index contributed by atoms with van der Waals surface area (Å²) in [5, 5.41) is 55.8. The van der Waals surface area contributed by atoms with Crippen molar-refractivity contribution in [2.24, 2.45) is 10.2 Å². The number of anilines is 1. The fraction of sp³-hybridized carbons (Fsp3) is 0.182. The first-order valence-electron chi connectivity index (χ1n) is 9.96. The third kappa shape index (κ3) is 4.51. The number of hydrogen-bond donors (Lipinski definition) is 4. The molecule has 0 aliphatic rings. The molecule has 32 heavy (non-hydrogen) atoms. The summed E-state index contributed by atoms with van der Waals surface area (Å²) in [5.74, 6) is -0.204. The highest BCUT2D eigenvalue weighted by Gasteiger charge is 2.10. The molecule has 0 atom stereocenters. The lowest BCUT2D eigenvalue weighted by Gasteiger charge is -2.23. The van der Waals surface area contributed by atoms with Gasteiger partial charge in [-0.25, -0.2) is 0 Å². The maximum Gasteiger partial charge on any atom is 0.145 e. The summed E-state index contributed by atoms with van der Waals surface area (Å²) in [5.41, 5.74) is 3.10. The third-order valence-corrected chi connectivity index (χ3v) is 4.81. The lowest BCUT2D eigenvalue weighted by Crippen LogP contribution is -2.29. The van der Waals surface area contributed by atoms with Crippen LogP contribution in [0.1, 0.15) is 0 Å². The van der Waals surface area contributed by atoms with Crippen LogP contribution in [0, 0.1) is 0 Å². The second kappa shape index (κ2) is 9.41. The van der Waals surface area contributed by atoms with E-state index in [1.165, 1.54) is 16.9 Å². The SMILES string of the molecule is OCCN(CCO)c1ccc(N=Nc2cc(-n3nc4ccccc4n3)ccc2O)c(O)c1. The lowest BCUT2D eigenvalue weighted by molar-refractivity contribution is 0.281. The number of azo groups is 1. The Morgan fingerprint density at radius 2 is 1.41 bits per heavy atom. The van der Waals surface area contributed by atoms with Gasteiger partial charge in [-0.05, 0) is 42.5 Å². The summed E-state index contributed by atoms with van der Waals surface area (Å²) >= 11 is 0. The Balaban J connectivity index is 1.59. The van der Waals surface area contributed by atoms with Crippen molar-refractivity contribution in [1.29, 1.82) is 0 Å². The molecule has 4 rings (SSSR count). The van der Waals surface area contributed by atoms with Crippen molar-refractivity contribution >= 4 is 28.1 Å². The predicted molar refractivity (Wildman–Crippen MR) is 119 cm³/mol. The van der Waals surface area contributed by atoms with Gasteiger partial charge in [0.05, 0.1) is 18.9 Å². The zero-order valence-corrected chi connectivity index (χ0v) is 17.1. The van der Waals surface area contributed by atoms with Gasteiger partial charge in [-0.2, -0.15) is 4.80 Å². The second-order valence-electron chi connectivity index (χ2n) is 6.96. The molecule has 0 unspecified atom stereocenters. The number of aliphatic hydroxyl groups is 2. The molecule has 0 aliphatic heterocycles. The minimum absolute atomic E-state index is 0.0811. The monoisotopic (exact) mass is 434 g/mol. The fourth-order valence-electron chi connectivity index (χ4n) is 3.20. The molecule has 4 aromatic rings. The van der Waals surface area contributed by atoms with Gasteiger partial charge in [0.2, 0.25) is 0 Å². The summed E-state index contributed by atoms with van der Waals surface area (Å²) in [7, 11) is 0. The molecule has 0 bridgehead atoms. The molecular formula is C22H22N6O4. The molecular weight excluding hydrogens is 412 g/mol. The fourth-order valence-corrected chi connectivity index (χ4v) is 3.20. The van der Waals surface area contributed by atoms with Crippen LogP contribution in [0.3, 0.4) is 0 Å². The van der Waals surface area contributed by atoms with Crippen LogP contribution < -0.4 is 4.90 Å². The normalized spacial score (nSPS) is 11.4. The van der Waals surface area contributed by atoms with E-state index in [9.17, 15) is 20.4 Å². The number of fused-ring (bicyclic) bond motifs is 1. The number of phenols is 2. The highest BCUT2D eigenvalue weighted by molar-refractivity contribution is 5.73. The Labute approximate surface area is 183 Å². The van der Waals surface area contributed by atoms with Crippen molar-refractivity contribution < 1.29 is 20.4 Å². The van der Waals surface area contributed by atoms with Crippen LogP contribution in [0.4, 0.5) is 17.1 Å². The molecule has 0 saturated heterocycles. The van der Waals surface area contributed by atoms with Crippen molar-refractivity contribution in [2.75, 3.05) is 31.2 Å². The van der Waals surface area contributed by atoms with E-state index in [4.69, 9.17) is 0 Å². The van der Waals surface area contributed by atoms with Gasteiger partial charge < -0.3 is 25.3 Å². The van der Waals surface area contributed by atoms with E-state index in [-0.39, 0.29) is 36.1 Å². The number of aromatic nitrogens is 3. The van der Waals surface area contributed by atoms with E-state index in [2.05, 4.69) is 20.4 Å². The summed E-state index contributed by atoms with van der Waals surface area (Å²) in [6, 6.07) is 16.9. The van der Waals surface area contributed by atoms with Crippen LogP contribution in [-0.4, -0.2) is 61.7 Å². The Bertz CT molecular complexity index is 1220. The molecule has 0 radical (unpaired) electrons. The molecule has 164 valence electrons. The zero-order valence-electron chi connectivity index (χ0n) is 17.1. The summed E-state index contributed by atoms with van der Waals surface area (Å²) in [6.45, 7) is 0.465. The van der Waals surface area contributed by atoms with Crippen LogP contribution in [-0.2, 0) is 0 Å². The Kier molecular flexibility index (Phi) is 6.24. The van der Waals surface area contributed by atoms with Crippen LogP contribution >= 0.6 is 0 Å². The maximum absolute atomic E-state index is 10.3. The number of rotatable bonds is 8. The molecule has 1 heterocycles. The van der Waals surface area contributed by atoms with Gasteiger partial charge in [-0.3, -0.25) is 0 Å². The summed E-state index contributed by atoms with van der Waals surface area (Å²) < 4.78 is 0. The first kappa shape index (κ1) is 21.2. The second-order valence-corrected chi connectivity index (χ2v) is 6.96. The van der Waals surface area contributed by atoms with Gasteiger partial charge >= 0.3 is 0 Å². The zero-order chi connectivity index (χ0) is 22.5. The Hall–Kier alpha value is -4.02. The van der Waals surface area contributed by atoms with Crippen LogP contribution in [0.5, 0.6) is 11.5 Å². The number of nitrogens with zero attached hydrogens (tertiary/aromatic N) is 6. The van der Waals surface area contributed by atoms with Crippen molar-refractivity contribution in [3.05, 3.63) is 60.7 Å². The highest BCUT2D eigenvalue weighted by Crippen LogP contribution is 2.35. The van der Waals surface area contributed by atoms with Crippen molar-refractivity contribution in [2.45, 2.75) is 0 Å². The van der Waals surface area contributed by atoms with E-state index in [0.29, 0.717) is 24.5 Å². The largest absolute Gasteiger partial charge is 0.506 e. The first-order valence-corrected chi connectivity index (χ1v) is 9.96. The minimum atomic E-state index is -0.122. The van der Waals surface area contributed by atoms with Crippen molar-refractivity contribution in [3.8, 4) is 17.2 Å². The van der Waals surface area contributed by atoms with Gasteiger partial charge in [0.25, 0.3) is 0 Å². The Morgan fingerprint density at radius 1 is 0.750 bits per heavy atom. The summed E-state index contributed by atoms with van der Waals surface area (Å²) in [6.07, 6.45) is 0. The van der Waals surface area contributed by atoms with E-state index >= 15 is 0 Å². The minimum Gasteiger partial charge on any atom is -0.506 e. The van der Waals surface area contributed by atoms with Gasteiger partial charge in [0.15, 0.2) is 0 Å². The number of hydrogen-bond acceptors (Lipinski definition) is 9. The van der Waals surface area contributed by atoms with E-state index in [0.717, 1.165) is 11.0 Å². The van der Waals surface area contributed by atoms with E-state index < -0.39 is 0 Å². The number of benzene rings is 3. The average molecular weight is 434 g/mol. The molecule has 0 spiro atoms. The lowest BCUT2D eigenvalue weighted by atomic mass is 10.2. The molecule has 3 aromatic carbocycles. The first-order chi connectivity index (χ1) is 15.6. The van der Waals surface area contributed by atoms with Gasteiger partial charge in [-0.1, -0.05) is 12.1 Å². The van der Waals surface area contributed by atoms with Crippen LogP contribution in [0.15, 0.2) is 70.9 Å². The quantitative estimate of drug-likeness (QED) is 0.313. The molecule has 10 nitrogen and oxygen atoms in total.